The van der Waals surface area contributed by atoms with Gasteiger partial charge in [-0.2, -0.15) is 0 Å². The van der Waals surface area contributed by atoms with Gasteiger partial charge in [-0.1, -0.05) is 207 Å². The molecule has 0 N–H and O–H groups in total. The molecular formula is C70H115N20+5. The average molecular weight is 1240 g/mol. The molecule has 90 heavy (non-hydrogen) atoms. The summed E-state index contributed by atoms with van der Waals surface area (Å²) in [6.45, 7) is 50.0. The third-order valence-corrected chi connectivity index (χ3v) is 10.4. The topological polar surface area (TPSA) is 213 Å². The Bertz CT molecular complexity index is 2560. The molecule has 0 fully saturated rings. The highest BCUT2D eigenvalue weighted by molar-refractivity contribution is 5.58. The van der Waals surface area contributed by atoms with Crippen LogP contribution in [0.3, 0.4) is 0 Å². The Balaban J connectivity index is -0.000000312. The summed E-state index contributed by atoms with van der Waals surface area (Å²) in [5.74, 6) is 4.42. The summed E-state index contributed by atoms with van der Waals surface area (Å²) >= 11 is 0. The van der Waals surface area contributed by atoms with Crippen molar-refractivity contribution in [3.05, 3.63) is 183 Å². The summed E-state index contributed by atoms with van der Waals surface area (Å²) in [5.41, 5.74) is 10.6. The second-order valence-electron chi connectivity index (χ2n) is 15.6. The summed E-state index contributed by atoms with van der Waals surface area (Å²) in [5, 5.41) is 0. The largest absolute Gasteiger partial charge is 0.276 e. The SMILES string of the molecule is CC.CC.CC.CC.CC.CC.CC.CC.CC.CC.Cc1ccccc1-c1ncnc[n+]1C.Cc1ccncc1-c1ncnc[n+]1C.Cc1cnccc1-c1ncnc[n+]1C.Cc1ncccc1-c1ncnc[n+]1C.Cc1ncncc1-c1ncnc[n+]1C. The molecule has 9 aromatic heterocycles. The van der Waals surface area contributed by atoms with Gasteiger partial charge in [-0.05, 0) is 81.6 Å². The van der Waals surface area contributed by atoms with Crippen LogP contribution in [0.25, 0.3) is 56.9 Å². The average Bonchev–Trinajstić information content (AvgIpc) is 2.35. The Morgan fingerprint density at radius 2 is 0.533 bits per heavy atom. The number of hydrogen-bond acceptors (Lipinski definition) is 15. The number of nitrogens with zero attached hydrogens (tertiary/aromatic N) is 20. The molecule has 1 aromatic carbocycles. The molecule has 0 radical (unpaired) electrons. The summed E-state index contributed by atoms with van der Waals surface area (Å²) in [7, 11) is 9.60. The Morgan fingerprint density at radius 1 is 0.233 bits per heavy atom. The fraction of sp³-hybridized carbons (Fsp3) is 0.429. The van der Waals surface area contributed by atoms with Gasteiger partial charge in [0.25, 0.3) is 60.8 Å². The van der Waals surface area contributed by atoms with E-state index < -0.39 is 0 Å². The lowest BCUT2D eigenvalue weighted by Crippen LogP contribution is -2.32. The van der Waals surface area contributed by atoms with Gasteiger partial charge in [-0.15, -0.1) is 0 Å². The Labute approximate surface area is 543 Å². The molecule has 0 saturated carbocycles. The number of aromatic nitrogens is 20. The van der Waals surface area contributed by atoms with Crippen molar-refractivity contribution in [2.45, 2.75) is 173 Å². The molecule has 0 unspecified atom stereocenters. The smallest absolute Gasteiger partial charge is 0.264 e. The van der Waals surface area contributed by atoms with Crippen molar-refractivity contribution in [1.82, 2.24) is 74.8 Å². The van der Waals surface area contributed by atoms with Gasteiger partial charge in [0.2, 0.25) is 31.6 Å². The third kappa shape index (κ3) is 32.7. The van der Waals surface area contributed by atoms with Gasteiger partial charge in [0.1, 0.15) is 6.33 Å². The van der Waals surface area contributed by atoms with Crippen LogP contribution in [0, 0.1) is 34.6 Å². The highest BCUT2D eigenvalue weighted by Crippen LogP contribution is 2.18. The fourth-order valence-corrected chi connectivity index (χ4v) is 6.69. The van der Waals surface area contributed by atoms with E-state index in [0.717, 1.165) is 79.5 Å². The van der Waals surface area contributed by atoms with Gasteiger partial charge in [-0.3, -0.25) is 15.0 Å². The van der Waals surface area contributed by atoms with Gasteiger partial charge < -0.3 is 0 Å². The first-order valence-corrected chi connectivity index (χ1v) is 31.8. The van der Waals surface area contributed by atoms with Crippen molar-refractivity contribution in [2.24, 2.45) is 35.2 Å². The summed E-state index contributed by atoms with van der Waals surface area (Å²) in [6.07, 6.45) is 28.6. The van der Waals surface area contributed by atoms with Crippen molar-refractivity contribution < 1.29 is 22.8 Å². The molecule has 20 heteroatoms. The van der Waals surface area contributed by atoms with Crippen LogP contribution < -0.4 is 22.8 Å². The summed E-state index contributed by atoms with van der Waals surface area (Å²) in [6, 6.07) is 16.0. The molecule has 490 valence electrons. The van der Waals surface area contributed by atoms with Crippen LogP contribution in [0.4, 0.5) is 0 Å². The highest BCUT2D eigenvalue weighted by Gasteiger charge is 2.16. The fourth-order valence-electron chi connectivity index (χ4n) is 6.69. The van der Waals surface area contributed by atoms with Crippen LogP contribution in [-0.2, 0) is 35.2 Å². The number of aryl methyl sites for hydroxylation is 10. The number of pyridine rings is 3. The normalized spacial score (nSPS) is 8.56. The van der Waals surface area contributed by atoms with Gasteiger partial charge >= 0.3 is 0 Å². The van der Waals surface area contributed by atoms with Gasteiger partial charge in [0.15, 0.2) is 0 Å². The van der Waals surface area contributed by atoms with Gasteiger partial charge in [0.05, 0.1) is 74.4 Å². The molecule has 0 atom stereocenters. The van der Waals surface area contributed by atoms with Crippen molar-refractivity contribution in [2.75, 3.05) is 0 Å². The lowest BCUT2D eigenvalue weighted by Gasteiger charge is -2.01. The van der Waals surface area contributed by atoms with E-state index in [9.17, 15) is 0 Å². The van der Waals surface area contributed by atoms with Crippen molar-refractivity contribution >= 4 is 0 Å². The van der Waals surface area contributed by atoms with E-state index in [2.05, 4.69) is 93.8 Å². The van der Waals surface area contributed by atoms with Crippen LogP contribution in [0.1, 0.15) is 167 Å². The highest BCUT2D eigenvalue weighted by atomic mass is 15.1. The predicted octanol–water partition coefficient (Wildman–Crippen LogP) is 13.6. The van der Waals surface area contributed by atoms with E-state index in [4.69, 9.17) is 0 Å². The summed E-state index contributed by atoms with van der Waals surface area (Å²) in [4.78, 5) is 61.2. The maximum absolute atomic E-state index is 4.26. The lowest BCUT2D eigenvalue weighted by molar-refractivity contribution is -0.666. The van der Waals surface area contributed by atoms with Crippen LogP contribution in [-0.4, -0.2) is 74.8 Å². The first-order chi connectivity index (χ1) is 43.9. The molecule has 0 aliphatic rings. The molecule has 0 amide bonds. The van der Waals surface area contributed by atoms with E-state index >= 15 is 0 Å². The van der Waals surface area contributed by atoms with Crippen LogP contribution in [0.2, 0.25) is 0 Å². The van der Waals surface area contributed by atoms with Crippen molar-refractivity contribution in [1.29, 1.82) is 0 Å². The third-order valence-electron chi connectivity index (χ3n) is 10.4. The van der Waals surface area contributed by atoms with E-state index in [0.29, 0.717) is 0 Å². The summed E-state index contributed by atoms with van der Waals surface area (Å²) < 4.78 is 9.41. The first-order valence-electron chi connectivity index (χ1n) is 31.8. The molecule has 0 aliphatic carbocycles. The Morgan fingerprint density at radius 3 is 0.900 bits per heavy atom. The minimum atomic E-state index is 0.818. The minimum Gasteiger partial charge on any atom is -0.264 e. The van der Waals surface area contributed by atoms with Crippen molar-refractivity contribution in [3.63, 3.8) is 0 Å². The monoisotopic (exact) mass is 1240 g/mol. The molecule has 0 saturated heterocycles. The second-order valence-corrected chi connectivity index (χ2v) is 15.6. The van der Waals surface area contributed by atoms with E-state index in [1.54, 1.807) is 81.7 Å². The molecule has 0 aliphatic heterocycles. The molecule has 0 bridgehead atoms. The van der Waals surface area contributed by atoms with Crippen LogP contribution in [0.5, 0.6) is 0 Å². The Kier molecular flexibility index (Phi) is 59.8. The standard InChI is InChI=1S/C11H12N3.3C10H11N4.C9H10N5.10C2H6/c1-9-5-3-4-6-10(9)11-13-7-12-8-14(11)2;1-8-5-11-4-3-9(8)10-13-6-12-7-14(10)2;1-8-3-4-11-5-9(8)10-13-6-12-7-14(10)2;1-8-9(4-3-5-12-8)10-13-6-11-7-14(10)2;1-7-8(3-10-4-12-7)9-13-5-11-6-14(9)2;10*1-2/h3-8H,1-2H3;3*3-7H,1-2H3;3-6H,1-2H3;10*1-2H3/q5*+1;;;;;;;;;;. The lowest BCUT2D eigenvalue weighted by atomic mass is 10.1. The molecule has 0 spiro atoms. The minimum absolute atomic E-state index is 0.818. The number of benzene rings is 1. The van der Waals surface area contributed by atoms with Gasteiger partial charge in [0, 0.05) is 37.2 Å². The maximum atomic E-state index is 4.26. The first kappa shape index (κ1) is 89.6. The molecule has 10 aromatic rings. The molecule has 9 heterocycles. The van der Waals surface area contributed by atoms with E-state index in [1.807, 2.05) is 273 Å². The molecule has 20 nitrogen and oxygen atoms in total. The zero-order valence-electron chi connectivity index (χ0n) is 60.9. The number of rotatable bonds is 5. The van der Waals surface area contributed by atoms with E-state index in [1.165, 1.54) is 18.2 Å². The van der Waals surface area contributed by atoms with Crippen LogP contribution in [0.15, 0.2) is 155 Å². The molecule has 10 rings (SSSR count). The van der Waals surface area contributed by atoms with Crippen molar-refractivity contribution in [3.8, 4) is 56.9 Å². The quantitative estimate of drug-likeness (QED) is 0.147. The zero-order chi connectivity index (χ0) is 69.8. The predicted molar refractivity (Wildman–Crippen MR) is 369 cm³/mol. The van der Waals surface area contributed by atoms with E-state index in [-0.39, 0.29) is 0 Å². The maximum Gasteiger partial charge on any atom is 0.276 e. The second kappa shape index (κ2) is 60.1. The van der Waals surface area contributed by atoms with Crippen LogP contribution >= 0.6 is 0 Å². The number of hydrogen-bond donors (Lipinski definition) is 0. The molecular weight excluding hydrogens is 1120 g/mol. The van der Waals surface area contributed by atoms with Gasteiger partial charge in [-0.25, -0.2) is 32.8 Å². The zero-order valence-corrected chi connectivity index (χ0v) is 60.9. The Hall–Kier alpha value is -9.20.